The summed E-state index contributed by atoms with van der Waals surface area (Å²) < 4.78 is 0. The molecule has 9 heteroatoms. The number of nitrogens with zero attached hydrogens (tertiary/aromatic N) is 4. The minimum atomic E-state index is -0.499. The van der Waals surface area contributed by atoms with Crippen LogP contribution in [0.1, 0.15) is 11.3 Å². The Morgan fingerprint density at radius 2 is 2.38 bits per heavy atom. The van der Waals surface area contributed by atoms with E-state index in [4.69, 9.17) is 10.9 Å². The first-order chi connectivity index (χ1) is 10.0. The molecule has 0 saturated carbocycles. The number of nitrogens with two attached hydrogens (primary N) is 1. The van der Waals surface area contributed by atoms with Crippen LogP contribution in [0.2, 0.25) is 0 Å². The summed E-state index contributed by atoms with van der Waals surface area (Å²) in [5, 5.41) is 24.6. The summed E-state index contributed by atoms with van der Waals surface area (Å²) in [6.45, 7) is 0.452. The van der Waals surface area contributed by atoms with Crippen LogP contribution < -0.4 is 10.6 Å². The molecule has 0 spiro atoms. The van der Waals surface area contributed by atoms with Crippen LogP contribution in [0, 0.1) is 10.1 Å². The molecule has 1 aromatic heterocycles. The van der Waals surface area contributed by atoms with E-state index >= 15 is 0 Å². The van der Waals surface area contributed by atoms with E-state index in [0.29, 0.717) is 12.2 Å². The molecule has 0 saturated heterocycles. The van der Waals surface area contributed by atoms with E-state index in [1.807, 2.05) is 5.38 Å². The first-order valence-electron chi connectivity index (χ1n) is 5.87. The first kappa shape index (κ1) is 14.7. The summed E-state index contributed by atoms with van der Waals surface area (Å²) in [4.78, 5) is 16.6. The number of amidine groups is 1. The number of rotatable bonds is 5. The van der Waals surface area contributed by atoms with E-state index in [1.54, 1.807) is 29.6 Å². The number of anilines is 1. The Balaban J connectivity index is 2.36. The highest BCUT2D eigenvalue weighted by molar-refractivity contribution is 7.07. The molecular weight excluding hydrogens is 294 g/mol. The largest absolute Gasteiger partial charge is 0.409 e. The van der Waals surface area contributed by atoms with Gasteiger partial charge in [-0.2, -0.15) is 0 Å². The lowest BCUT2D eigenvalue weighted by atomic mass is 10.1. The molecule has 0 aliphatic carbocycles. The molecule has 0 bridgehead atoms. The third-order valence-corrected chi connectivity index (χ3v) is 3.50. The number of hydrogen-bond acceptors (Lipinski definition) is 7. The summed E-state index contributed by atoms with van der Waals surface area (Å²) in [7, 11) is 1.74. The second-order valence-electron chi connectivity index (χ2n) is 4.28. The number of nitro benzene ring substituents is 1. The molecule has 0 atom stereocenters. The van der Waals surface area contributed by atoms with Gasteiger partial charge in [0.2, 0.25) is 0 Å². The van der Waals surface area contributed by atoms with Crippen molar-refractivity contribution in [2.75, 3.05) is 11.9 Å². The first-order valence-corrected chi connectivity index (χ1v) is 6.81. The molecule has 0 amide bonds. The molecule has 0 radical (unpaired) electrons. The Labute approximate surface area is 124 Å². The molecule has 1 aromatic carbocycles. The van der Waals surface area contributed by atoms with Crippen LogP contribution in [0.4, 0.5) is 11.4 Å². The maximum Gasteiger partial charge on any atom is 0.293 e. The fourth-order valence-electron chi connectivity index (χ4n) is 1.85. The maximum absolute atomic E-state index is 11.2. The van der Waals surface area contributed by atoms with Crippen LogP contribution in [0.3, 0.4) is 0 Å². The van der Waals surface area contributed by atoms with Gasteiger partial charge in [0.1, 0.15) is 5.69 Å². The molecule has 8 nitrogen and oxygen atoms in total. The third kappa shape index (κ3) is 3.26. The zero-order valence-corrected chi connectivity index (χ0v) is 11.9. The van der Waals surface area contributed by atoms with Gasteiger partial charge in [0, 0.05) is 24.1 Å². The van der Waals surface area contributed by atoms with Crippen molar-refractivity contribution >= 4 is 28.5 Å². The Morgan fingerprint density at radius 3 is 2.95 bits per heavy atom. The highest BCUT2D eigenvalue weighted by atomic mass is 32.1. The van der Waals surface area contributed by atoms with Crippen molar-refractivity contribution in [2.45, 2.75) is 6.54 Å². The molecule has 1 heterocycles. The molecule has 0 fully saturated rings. The number of benzene rings is 1. The van der Waals surface area contributed by atoms with Gasteiger partial charge in [-0.15, -0.1) is 11.3 Å². The number of hydrogen-bond donors (Lipinski definition) is 2. The second kappa shape index (κ2) is 6.18. The molecule has 2 aromatic rings. The summed E-state index contributed by atoms with van der Waals surface area (Å²) in [5.74, 6) is -0.174. The molecule has 0 unspecified atom stereocenters. The van der Waals surface area contributed by atoms with Gasteiger partial charge in [0.05, 0.1) is 22.7 Å². The van der Waals surface area contributed by atoms with Crippen molar-refractivity contribution in [3.8, 4) is 0 Å². The molecule has 3 N–H and O–H groups in total. The van der Waals surface area contributed by atoms with Gasteiger partial charge in [-0.3, -0.25) is 10.1 Å². The lowest BCUT2D eigenvalue weighted by Gasteiger charge is -2.18. The fraction of sp³-hybridized carbons (Fsp3) is 0.167. The van der Waals surface area contributed by atoms with Crippen LogP contribution in [-0.2, 0) is 6.54 Å². The maximum atomic E-state index is 11.2. The zero-order chi connectivity index (χ0) is 15.4. The minimum absolute atomic E-state index is 0.114. The van der Waals surface area contributed by atoms with E-state index in [9.17, 15) is 10.1 Å². The minimum Gasteiger partial charge on any atom is -0.409 e. The third-order valence-electron chi connectivity index (χ3n) is 2.87. The number of thiazole rings is 1. The van der Waals surface area contributed by atoms with Crippen LogP contribution in [-0.4, -0.2) is 28.0 Å². The highest BCUT2D eigenvalue weighted by Crippen LogP contribution is 2.29. The van der Waals surface area contributed by atoms with Crippen LogP contribution >= 0.6 is 11.3 Å². The van der Waals surface area contributed by atoms with Crippen molar-refractivity contribution in [1.29, 1.82) is 0 Å². The number of oxime groups is 1. The number of nitro groups is 1. The van der Waals surface area contributed by atoms with Crippen molar-refractivity contribution in [1.82, 2.24) is 4.98 Å². The Kier molecular flexibility index (Phi) is 4.33. The lowest BCUT2D eigenvalue weighted by molar-refractivity contribution is -0.384. The lowest BCUT2D eigenvalue weighted by Crippen LogP contribution is -2.19. The monoisotopic (exact) mass is 307 g/mol. The van der Waals surface area contributed by atoms with Crippen molar-refractivity contribution in [2.24, 2.45) is 10.9 Å². The van der Waals surface area contributed by atoms with E-state index in [0.717, 1.165) is 5.69 Å². The van der Waals surface area contributed by atoms with Crippen LogP contribution in [0.5, 0.6) is 0 Å². The van der Waals surface area contributed by atoms with Gasteiger partial charge in [0.15, 0.2) is 5.84 Å². The van der Waals surface area contributed by atoms with Gasteiger partial charge in [0.25, 0.3) is 5.69 Å². The fourth-order valence-corrected chi connectivity index (χ4v) is 2.40. The standard InChI is InChI=1S/C12H13N5O3S/c1-16(5-9-6-21-7-14-9)10-3-2-8(12(13)15-18)4-11(10)17(19)20/h2-4,6-7,18H,5H2,1H3,(H2,13,15). The average molecular weight is 307 g/mol. The molecule has 110 valence electrons. The number of aromatic nitrogens is 1. The Morgan fingerprint density at radius 1 is 1.62 bits per heavy atom. The van der Waals surface area contributed by atoms with E-state index in [1.165, 1.54) is 17.4 Å². The SMILES string of the molecule is CN(Cc1cscn1)c1ccc(C(N)=NO)cc1[N+](=O)[O-]. The summed E-state index contributed by atoms with van der Waals surface area (Å²) in [6.07, 6.45) is 0. The normalized spacial score (nSPS) is 11.4. The Hall–Kier alpha value is -2.68. The van der Waals surface area contributed by atoms with Crippen molar-refractivity contribution in [3.05, 3.63) is 50.5 Å². The second-order valence-corrected chi connectivity index (χ2v) is 5.00. The predicted molar refractivity (Wildman–Crippen MR) is 79.8 cm³/mol. The quantitative estimate of drug-likeness (QED) is 0.286. The molecular formula is C12H13N5O3S. The summed E-state index contributed by atoms with van der Waals surface area (Å²) in [6, 6.07) is 4.41. The smallest absolute Gasteiger partial charge is 0.293 e. The van der Waals surface area contributed by atoms with Crippen molar-refractivity contribution in [3.63, 3.8) is 0 Å². The predicted octanol–water partition coefficient (Wildman–Crippen LogP) is 1.78. The van der Waals surface area contributed by atoms with E-state index in [-0.39, 0.29) is 17.1 Å². The average Bonchev–Trinajstić information content (AvgIpc) is 2.98. The van der Waals surface area contributed by atoms with Gasteiger partial charge >= 0.3 is 0 Å². The van der Waals surface area contributed by atoms with E-state index in [2.05, 4.69) is 10.1 Å². The topological polar surface area (TPSA) is 118 Å². The molecule has 0 aliphatic heterocycles. The van der Waals surface area contributed by atoms with E-state index < -0.39 is 4.92 Å². The van der Waals surface area contributed by atoms with Gasteiger partial charge in [-0.25, -0.2) is 4.98 Å². The summed E-state index contributed by atoms with van der Waals surface area (Å²) in [5.41, 5.74) is 8.60. The zero-order valence-electron chi connectivity index (χ0n) is 11.1. The van der Waals surface area contributed by atoms with Gasteiger partial charge in [-0.1, -0.05) is 5.16 Å². The van der Waals surface area contributed by atoms with Gasteiger partial charge in [-0.05, 0) is 12.1 Å². The highest BCUT2D eigenvalue weighted by Gasteiger charge is 2.19. The molecule has 2 rings (SSSR count). The Bertz CT molecular complexity index is 672. The molecule has 21 heavy (non-hydrogen) atoms. The van der Waals surface area contributed by atoms with Gasteiger partial charge < -0.3 is 15.8 Å². The molecule has 0 aliphatic rings. The van der Waals surface area contributed by atoms with Crippen LogP contribution in [0.15, 0.2) is 34.2 Å². The van der Waals surface area contributed by atoms with Crippen molar-refractivity contribution < 1.29 is 10.1 Å². The van der Waals surface area contributed by atoms with Crippen LogP contribution in [0.25, 0.3) is 0 Å². The summed E-state index contributed by atoms with van der Waals surface area (Å²) >= 11 is 1.46.